The van der Waals surface area contributed by atoms with Crippen molar-refractivity contribution in [3.8, 4) is 16.5 Å². The molecule has 3 aromatic heterocycles. The van der Waals surface area contributed by atoms with Gasteiger partial charge in [-0.05, 0) is 43.8 Å². The van der Waals surface area contributed by atoms with Gasteiger partial charge in [-0.3, -0.25) is 9.36 Å². The lowest BCUT2D eigenvalue weighted by molar-refractivity contribution is -0.129. The molecule has 0 saturated carbocycles. The number of rotatable bonds is 9. The average Bonchev–Trinajstić information content (AvgIpc) is 3.54. The maximum absolute atomic E-state index is 13.0. The summed E-state index contributed by atoms with van der Waals surface area (Å²) >= 11 is 2.91. The summed E-state index contributed by atoms with van der Waals surface area (Å²) in [6.07, 6.45) is 0.834. The lowest BCUT2D eigenvalue weighted by atomic mass is 10.2. The number of nitrogens with zero attached hydrogens (tertiary/aromatic N) is 6. The van der Waals surface area contributed by atoms with E-state index >= 15 is 0 Å². The first-order valence-corrected chi connectivity index (χ1v) is 12.2. The van der Waals surface area contributed by atoms with E-state index in [1.165, 1.54) is 28.7 Å². The minimum atomic E-state index is -0.0103. The topological polar surface area (TPSA) is 89.9 Å². The van der Waals surface area contributed by atoms with Gasteiger partial charge in [0.05, 0.1) is 17.2 Å². The second kappa shape index (κ2) is 10.1. The number of hydrogen-bond acceptors (Lipinski definition) is 8. The maximum atomic E-state index is 13.0. The van der Waals surface area contributed by atoms with E-state index in [-0.39, 0.29) is 18.2 Å². The van der Waals surface area contributed by atoms with E-state index in [4.69, 9.17) is 4.42 Å². The number of amides is 1. The van der Waals surface area contributed by atoms with Gasteiger partial charge in [0, 0.05) is 12.2 Å². The van der Waals surface area contributed by atoms with Crippen LogP contribution in [0.3, 0.4) is 0 Å². The molecule has 1 amide bonds. The second-order valence-electron chi connectivity index (χ2n) is 7.28. The number of aromatic nitrogens is 5. The molecule has 0 bridgehead atoms. The summed E-state index contributed by atoms with van der Waals surface area (Å²) in [4.78, 5) is 15.7. The van der Waals surface area contributed by atoms with Crippen LogP contribution in [0.4, 0.5) is 0 Å². The molecule has 0 aliphatic rings. The van der Waals surface area contributed by atoms with Crippen molar-refractivity contribution < 1.29 is 9.21 Å². The first-order valence-electron chi connectivity index (χ1n) is 10.3. The van der Waals surface area contributed by atoms with Crippen molar-refractivity contribution in [3.05, 3.63) is 59.1 Å². The van der Waals surface area contributed by atoms with Crippen LogP contribution in [0.1, 0.15) is 30.6 Å². The van der Waals surface area contributed by atoms with Crippen molar-refractivity contribution in [2.75, 3.05) is 12.3 Å². The molecule has 32 heavy (non-hydrogen) atoms. The highest BCUT2D eigenvalue weighted by atomic mass is 32.2. The molecule has 0 radical (unpaired) electrons. The van der Waals surface area contributed by atoms with Gasteiger partial charge in [-0.1, -0.05) is 42.4 Å². The SMILES string of the molecule is CCCN(Cc1nnc(-c2cccs2)o1)C(=O)CSc1nnc(C)n1-c1ccc(C)cc1. The van der Waals surface area contributed by atoms with Crippen LogP contribution in [-0.4, -0.2) is 48.1 Å². The van der Waals surface area contributed by atoms with Crippen LogP contribution in [-0.2, 0) is 11.3 Å². The first kappa shape index (κ1) is 22.2. The van der Waals surface area contributed by atoms with Crippen molar-refractivity contribution in [2.45, 2.75) is 38.9 Å². The molecule has 0 aliphatic heterocycles. The Bertz CT molecular complexity index is 1170. The lowest BCUT2D eigenvalue weighted by Gasteiger charge is -2.20. The monoisotopic (exact) mass is 468 g/mol. The van der Waals surface area contributed by atoms with Gasteiger partial charge in [-0.2, -0.15) is 0 Å². The smallest absolute Gasteiger partial charge is 0.257 e. The average molecular weight is 469 g/mol. The first-order chi connectivity index (χ1) is 15.5. The molecule has 8 nitrogen and oxygen atoms in total. The van der Waals surface area contributed by atoms with E-state index in [0.29, 0.717) is 23.5 Å². The Morgan fingerprint density at radius 2 is 1.94 bits per heavy atom. The highest BCUT2D eigenvalue weighted by molar-refractivity contribution is 7.99. The molecular weight excluding hydrogens is 444 g/mol. The number of hydrogen-bond donors (Lipinski definition) is 0. The summed E-state index contributed by atoms with van der Waals surface area (Å²) in [6, 6.07) is 12.0. The zero-order valence-electron chi connectivity index (χ0n) is 18.2. The number of thiophene rings is 1. The van der Waals surface area contributed by atoms with E-state index in [9.17, 15) is 4.79 Å². The zero-order valence-corrected chi connectivity index (χ0v) is 19.8. The number of thioether (sulfide) groups is 1. The van der Waals surface area contributed by atoms with E-state index in [0.717, 1.165) is 22.8 Å². The predicted molar refractivity (Wildman–Crippen MR) is 125 cm³/mol. The highest BCUT2D eigenvalue weighted by Crippen LogP contribution is 2.25. The summed E-state index contributed by atoms with van der Waals surface area (Å²) in [5.41, 5.74) is 2.16. The molecule has 0 spiro atoms. The lowest BCUT2D eigenvalue weighted by Crippen LogP contribution is -2.32. The van der Waals surface area contributed by atoms with Crippen LogP contribution in [0.5, 0.6) is 0 Å². The standard InChI is InChI=1S/C22H24N6O2S2/c1-4-11-27(13-19-24-25-21(30-19)18-6-5-12-31-18)20(29)14-32-22-26-23-16(3)28(22)17-9-7-15(2)8-10-17/h5-10,12H,4,11,13-14H2,1-3H3. The molecule has 0 unspecified atom stereocenters. The third-order valence-electron chi connectivity index (χ3n) is 4.78. The highest BCUT2D eigenvalue weighted by Gasteiger charge is 2.20. The van der Waals surface area contributed by atoms with Crippen molar-refractivity contribution >= 4 is 29.0 Å². The molecule has 166 valence electrons. The molecule has 0 N–H and O–H groups in total. The Labute approximate surface area is 194 Å². The number of aryl methyl sites for hydroxylation is 2. The van der Waals surface area contributed by atoms with Crippen molar-refractivity contribution in [1.29, 1.82) is 0 Å². The van der Waals surface area contributed by atoms with Gasteiger partial charge in [0.1, 0.15) is 5.82 Å². The number of benzene rings is 1. The van der Waals surface area contributed by atoms with Gasteiger partial charge in [0.2, 0.25) is 11.8 Å². The normalized spacial score (nSPS) is 11.1. The molecule has 10 heteroatoms. The molecule has 3 heterocycles. The van der Waals surface area contributed by atoms with Gasteiger partial charge in [0.15, 0.2) is 5.16 Å². The quantitative estimate of drug-likeness (QED) is 0.333. The minimum Gasteiger partial charge on any atom is -0.418 e. The van der Waals surface area contributed by atoms with Crippen LogP contribution in [0.15, 0.2) is 51.4 Å². The van der Waals surface area contributed by atoms with Gasteiger partial charge in [-0.15, -0.1) is 31.7 Å². The van der Waals surface area contributed by atoms with E-state index < -0.39 is 0 Å². The Kier molecular flexibility index (Phi) is 7.01. The van der Waals surface area contributed by atoms with Gasteiger partial charge in [-0.25, -0.2) is 0 Å². The Morgan fingerprint density at radius 1 is 1.12 bits per heavy atom. The third kappa shape index (κ3) is 5.08. The predicted octanol–water partition coefficient (Wildman–Crippen LogP) is 4.53. The molecule has 0 aliphatic carbocycles. The van der Waals surface area contributed by atoms with Gasteiger partial charge < -0.3 is 9.32 Å². The summed E-state index contributed by atoms with van der Waals surface area (Å²) in [5.74, 6) is 1.93. The number of carbonyl (C=O) groups is 1. The minimum absolute atomic E-state index is 0.0103. The Balaban J connectivity index is 1.43. The van der Waals surface area contributed by atoms with Crippen LogP contribution in [0.25, 0.3) is 16.5 Å². The van der Waals surface area contributed by atoms with Crippen molar-refractivity contribution in [1.82, 2.24) is 29.9 Å². The molecular formula is C22H24N6O2S2. The molecule has 0 saturated heterocycles. The van der Waals surface area contributed by atoms with Crippen LogP contribution in [0, 0.1) is 13.8 Å². The van der Waals surface area contributed by atoms with Crippen LogP contribution < -0.4 is 0 Å². The van der Waals surface area contributed by atoms with Crippen molar-refractivity contribution in [2.24, 2.45) is 0 Å². The fourth-order valence-corrected chi connectivity index (χ4v) is 4.73. The van der Waals surface area contributed by atoms with E-state index in [1.54, 1.807) is 4.90 Å². The Hall–Kier alpha value is -2.98. The van der Waals surface area contributed by atoms with Crippen LogP contribution >= 0.6 is 23.1 Å². The summed E-state index contributed by atoms with van der Waals surface area (Å²) in [5, 5.41) is 19.4. The van der Waals surface area contributed by atoms with Crippen molar-refractivity contribution in [3.63, 3.8) is 0 Å². The summed E-state index contributed by atoms with van der Waals surface area (Å²) in [6.45, 7) is 6.89. The second-order valence-corrected chi connectivity index (χ2v) is 9.17. The molecule has 0 fully saturated rings. The fourth-order valence-electron chi connectivity index (χ4n) is 3.19. The summed E-state index contributed by atoms with van der Waals surface area (Å²) in [7, 11) is 0. The molecule has 4 rings (SSSR count). The van der Waals surface area contributed by atoms with Crippen LogP contribution in [0.2, 0.25) is 0 Å². The van der Waals surface area contributed by atoms with E-state index in [1.807, 2.05) is 67.1 Å². The zero-order chi connectivity index (χ0) is 22.5. The summed E-state index contributed by atoms with van der Waals surface area (Å²) < 4.78 is 7.73. The third-order valence-corrected chi connectivity index (χ3v) is 6.55. The fraction of sp³-hybridized carbons (Fsp3) is 0.318. The van der Waals surface area contributed by atoms with Gasteiger partial charge in [0.25, 0.3) is 5.89 Å². The largest absolute Gasteiger partial charge is 0.418 e. The molecule has 4 aromatic rings. The maximum Gasteiger partial charge on any atom is 0.257 e. The molecule has 1 aromatic carbocycles. The molecule has 0 atom stereocenters. The Morgan fingerprint density at radius 3 is 2.66 bits per heavy atom. The van der Waals surface area contributed by atoms with Gasteiger partial charge >= 0.3 is 0 Å². The number of carbonyl (C=O) groups excluding carboxylic acids is 1. The van der Waals surface area contributed by atoms with E-state index in [2.05, 4.69) is 20.4 Å².